The van der Waals surface area contributed by atoms with Gasteiger partial charge in [0.15, 0.2) is 0 Å². The van der Waals surface area contributed by atoms with Crippen LogP contribution in [0.3, 0.4) is 0 Å². The minimum Gasteiger partial charge on any atom is -0.0616 e. The molecule has 0 heterocycles. The summed E-state index contributed by atoms with van der Waals surface area (Å²) in [7, 11) is 0. The van der Waals surface area contributed by atoms with Crippen molar-refractivity contribution in [2.45, 2.75) is 0 Å². The van der Waals surface area contributed by atoms with E-state index in [0.717, 1.165) is 0 Å². The highest BCUT2D eigenvalue weighted by Crippen LogP contribution is 2.46. The molecule has 0 nitrogen and oxygen atoms in total. The number of fused-ring (bicyclic) bond motifs is 11. The number of hydrogen-bond donors (Lipinski definition) is 0. The molecule has 46 heavy (non-hydrogen) atoms. The van der Waals surface area contributed by atoms with Crippen LogP contribution in [0.15, 0.2) is 170 Å². The molecule has 0 fully saturated rings. The van der Waals surface area contributed by atoms with E-state index in [1.165, 1.54) is 97.7 Å². The van der Waals surface area contributed by atoms with Crippen LogP contribution < -0.4 is 0 Å². The van der Waals surface area contributed by atoms with E-state index in [4.69, 9.17) is 0 Å². The van der Waals surface area contributed by atoms with Gasteiger partial charge in [0.25, 0.3) is 0 Å². The Morgan fingerprint density at radius 3 is 1.48 bits per heavy atom. The Morgan fingerprint density at radius 2 is 0.717 bits per heavy atom. The standard InChI is InChI=1S/C46H28/c1-2-13-31-25-33(22-21-29(31)11-1)41-27-43-38-19-9-10-20-39(38)44(28-45(43)40-24-23-30-12-3-6-16-35(30)46(40)41)42-26-32-14-4-5-15-34(32)36-17-7-8-18-37(36)42/h1-28H. The van der Waals surface area contributed by atoms with Crippen LogP contribution in [0, 0.1) is 0 Å². The van der Waals surface area contributed by atoms with Crippen molar-refractivity contribution in [3.63, 3.8) is 0 Å². The summed E-state index contributed by atoms with van der Waals surface area (Å²) in [5.74, 6) is 0. The highest BCUT2D eigenvalue weighted by Gasteiger charge is 2.18. The quantitative estimate of drug-likeness (QED) is 0.178. The van der Waals surface area contributed by atoms with E-state index < -0.39 is 0 Å². The maximum atomic E-state index is 2.47. The predicted molar refractivity (Wildman–Crippen MR) is 200 cm³/mol. The molecule has 0 saturated carbocycles. The third-order valence-electron chi connectivity index (χ3n) is 9.98. The van der Waals surface area contributed by atoms with Crippen molar-refractivity contribution in [2.24, 2.45) is 0 Å². The van der Waals surface area contributed by atoms with Gasteiger partial charge in [-0.15, -0.1) is 0 Å². The van der Waals surface area contributed by atoms with Gasteiger partial charge in [0, 0.05) is 0 Å². The van der Waals surface area contributed by atoms with Crippen LogP contribution in [0.5, 0.6) is 0 Å². The molecule has 0 heteroatoms. The summed E-state index contributed by atoms with van der Waals surface area (Å²) in [6, 6.07) is 63.0. The van der Waals surface area contributed by atoms with Crippen LogP contribution in [0.1, 0.15) is 0 Å². The first-order valence-electron chi connectivity index (χ1n) is 16.0. The highest BCUT2D eigenvalue weighted by molar-refractivity contribution is 6.29. The minimum atomic E-state index is 1.25. The van der Waals surface area contributed by atoms with Gasteiger partial charge in [0.2, 0.25) is 0 Å². The Bertz CT molecular complexity index is 2850. The van der Waals surface area contributed by atoms with Crippen LogP contribution in [0.2, 0.25) is 0 Å². The Labute approximate surface area is 266 Å². The van der Waals surface area contributed by atoms with Crippen molar-refractivity contribution in [1.29, 1.82) is 0 Å². The first-order valence-corrected chi connectivity index (χ1v) is 16.0. The summed E-state index contributed by atoms with van der Waals surface area (Å²) in [4.78, 5) is 0. The molecule has 0 aliphatic heterocycles. The number of rotatable bonds is 2. The van der Waals surface area contributed by atoms with E-state index >= 15 is 0 Å². The van der Waals surface area contributed by atoms with E-state index in [2.05, 4.69) is 170 Å². The zero-order valence-electron chi connectivity index (χ0n) is 25.2. The molecular weight excluding hydrogens is 553 g/mol. The maximum Gasteiger partial charge on any atom is -0.00204 e. The molecular formula is C46H28. The lowest BCUT2D eigenvalue weighted by Crippen LogP contribution is -1.91. The van der Waals surface area contributed by atoms with Crippen molar-refractivity contribution in [1.82, 2.24) is 0 Å². The van der Waals surface area contributed by atoms with Gasteiger partial charge in [-0.3, -0.25) is 0 Å². The van der Waals surface area contributed by atoms with Crippen LogP contribution in [-0.2, 0) is 0 Å². The first-order chi connectivity index (χ1) is 22.8. The van der Waals surface area contributed by atoms with Crippen LogP contribution in [0.4, 0.5) is 0 Å². The molecule has 0 aliphatic rings. The lowest BCUT2D eigenvalue weighted by atomic mass is 9.84. The van der Waals surface area contributed by atoms with Gasteiger partial charge in [0.1, 0.15) is 0 Å². The van der Waals surface area contributed by atoms with Gasteiger partial charge in [-0.25, -0.2) is 0 Å². The van der Waals surface area contributed by atoms with Gasteiger partial charge in [-0.1, -0.05) is 146 Å². The Hall–Kier alpha value is -5.98. The summed E-state index contributed by atoms with van der Waals surface area (Å²) in [5, 5.41) is 17.9. The predicted octanol–water partition coefficient (Wildman–Crippen LogP) is 13.1. The molecule has 0 aliphatic carbocycles. The van der Waals surface area contributed by atoms with Crippen LogP contribution >= 0.6 is 0 Å². The smallest absolute Gasteiger partial charge is 0.00204 e. The molecule has 0 saturated heterocycles. The molecule has 0 atom stereocenters. The summed E-state index contributed by atoms with van der Waals surface area (Å²) < 4.78 is 0. The summed E-state index contributed by atoms with van der Waals surface area (Å²) in [6.45, 7) is 0. The topological polar surface area (TPSA) is 0 Å². The van der Waals surface area contributed by atoms with Gasteiger partial charge in [-0.2, -0.15) is 0 Å². The Morgan fingerprint density at radius 1 is 0.217 bits per heavy atom. The summed E-state index contributed by atoms with van der Waals surface area (Å²) in [6.07, 6.45) is 0. The van der Waals surface area contributed by atoms with E-state index in [1.54, 1.807) is 0 Å². The van der Waals surface area contributed by atoms with Gasteiger partial charge < -0.3 is 0 Å². The maximum absolute atomic E-state index is 2.47. The molecule has 0 unspecified atom stereocenters. The SMILES string of the molecule is c1ccc2cc(-c3cc4c5ccccc5c(-c5cc6ccccc6c6ccccc56)cc4c4ccc5ccccc5c34)ccc2c1. The summed E-state index contributed by atoms with van der Waals surface area (Å²) in [5.41, 5.74) is 5.08. The van der Waals surface area contributed by atoms with Crippen LogP contribution in [-0.4, -0.2) is 0 Å². The molecule has 0 amide bonds. The van der Waals surface area contributed by atoms with E-state index in [0.29, 0.717) is 0 Å². The van der Waals surface area contributed by atoms with Crippen molar-refractivity contribution in [3.8, 4) is 22.3 Å². The average molecular weight is 581 g/mol. The fraction of sp³-hybridized carbons (Fsp3) is 0. The molecule has 0 bridgehead atoms. The van der Waals surface area contributed by atoms with E-state index in [-0.39, 0.29) is 0 Å². The zero-order valence-corrected chi connectivity index (χ0v) is 25.2. The Balaban J connectivity index is 1.39. The fourth-order valence-electron chi connectivity index (χ4n) is 7.86. The monoisotopic (exact) mass is 580 g/mol. The largest absolute Gasteiger partial charge is 0.0616 e. The van der Waals surface area contributed by atoms with E-state index in [1.807, 2.05) is 0 Å². The first kappa shape index (κ1) is 25.4. The van der Waals surface area contributed by atoms with Gasteiger partial charge in [-0.05, 0) is 122 Å². The van der Waals surface area contributed by atoms with Crippen LogP contribution in [0.25, 0.3) is 97.7 Å². The minimum absolute atomic E-state index is 1.25. The molecule has 0 aromatic heterocycles. The average Bonchev–Trinajstić information content (AvgIpc) is 3.13. The van der Waals surface area contributed by atoms with Crippen molar-refractivity contribution >= 4 is 75.4 Å². The molecule has 10 aromatic rings. The third-order valence-corrected chi connectivity index (χ3v) is 9.98. The fourth-order valence-corrected chi connectivity index (χ4v) is 7.86. The lowest BCUT2D eigenvalue weighted by Gasteiger charge is -2.19. The molecule has 10 aromatic carbocycles. The zero-order chi connectivity index (χ0) is 30.2. The second-order valence-electron chi connectivity index (χ2n) is 12.5. The molecule has 10 rings (SSSR count). The van der Waals surface area contributed by atoms with Gasteiger partial charge in [0.05, 0.1) is 0 Å². The molecule has 212 valence electrons. The van der Waals surface area contributed by atoms with E-state index in [9.17, 15) is 0 Å². The molecule has 0 spiro atoms. The van der Waals surface area contributed by atoms with Crippen molar-refractivity contribution in [3.05, 3.63) is 170 Å². The Kier molecular flexibility index (Phi) is 5.38. The van der Waals surface area contributed by atoms with Crippen molar-refractivity contribution < 1.29 is 0 Å². The van der Waals surface area contributed by atoms with Crippen molar-refractivity contribution in [2.75, 3.05) is 0 Å². The normalized spacial score (nSPS) is 11.9. The highest BCUT2D eigenvalue weighted by atomic mass is 14.2. The number of benzene rings is 10. The second kappa shape index (κ2) is 9.76. The lowest BCUT2D eigenvalue weighted by molar-refractivity contribution is 1.70. The number of hydrogen-bond acceptors (Lipinski definition) is 0. The third kappa shape index (κ3) is 3.68. The second-order valence-corrected chi connectivity index (χ2v) is 12.5. The molecule has 0 radical (unpaired) electrons. The van der Waals surface area contributed by atoms with Gasteiger partial charge >= 0.3 is 0 Å². The summed E-state index contributed by atoms with van der Waals surface area (Å²) >= 11 is 0. The molecule has 0 N–H and O–H groups in total.